The number of fused-ring (bicyclic) bond motifs is 3. The summed E-state index contributed by atoms with van der Waals surface area (Å²) >= 11 is 0. The Hall–Kier alpha value is -2.90. The van der Waals surface area contributed by atoms with Crippen molar-refractivity contribution < 1.29 is 4.79 Å². The molecule has 2 aliphatic rings. The van der Waals surface area contributed by atoms with Gasteiger partial charge in [0, 0.05) is 37.1 Å². The summed E-state index contributed by atoms with van der Waals surface area (Å²) in [5, 5.41) is 4.29. The van der Waals surface area contributed by atoms with E-state index < -0.39 is 0 Å². The molecule has 5 rings (SSSR count). The van der Waals surface area contributed by atoms with E-state index in [-0.39, 0.29) is 17.1 Å². The molecule has 1 amide bonds. The molecule has 26 heavy (non-hydrogen) atoms. The molecule has 8 heteroatoms. The molecule has 1 aliphatic heterocycles. The van der Waals surface area contributed by atoms with Crippen LogP contribution in [0.25, 0.3) is 5.78 Å². The van der Waals surface area contributed by atoms with Gasteiger partial charge in [-0.15, -0.1) is 5.10 Å². The topological polar surface area (TPSA) is 89.2 Å². The summed E-state index contributed by atoms with van der Waals surface area (Å²) in [5.74, 6) is 1.31. The van der Waals surface area contributed by atoms with Gasteiger partial charge < -0.3 is 4.90 Å². The number of rotatable bonds is 1. The molecule has 1 unspecified atom stereocenters. The second-order valence-electron chi connectivity index (χ2n) is 7.20. The van der Waals surface area contributed by atoms with Crippen molar-refractivity contribution in [3.8, 4) is 0 Å². The summed E-state index contributed by atoms with van der Waals surface area (Å²) in [6.07, 6.45) is 9.35. The van der Waals surface area contributed by atoms with Crippen LogP contribution < -0.4 is 0 Å². The molecule has 132 valence electrons. The number of amides is 1. The first-order valence-electron chi connectivity index (χ1n) is 8.94. The lowest BCUT2D eigenvalue weighted by Crippen LogP contribution is -2.48. The molecule has 0 radical (unpaired) electrons. The van der Waals surface area contributed by atoms with Gasteiger partial charge in [-0.3, -0.25) is 4.79 Å². The first-order chi connectivity index (χ1) is 12.6. The molecule has 1 spiro atoms. The number of hydrogen-bond donors (Lipinski definition) is 0. The smallest absolute Gasteiger partial charge is 0.293 e. The quantitative estimate of drug-likeness (QED) is 0.659. The molecule has 0 saturated carbocycles. The maximum atomic E-state index is 13.0. The van der Waals surface area contributed by atoms with Gasteiger partial charge in [-0.1, -0.05) is 0 Å². The van der Waals surface area contributed by atoms with Gasteiger partial charge in [0.25, 0.3) is 11.7 Å². The Morgan fingerprint density at radius 2 is 2.15 bits per heavy atom. The highest BCUT2D eigenvalue weighted by Gasteiger charge is 2.45. The van der Waals surface area contributed by atoms with Crippen LogP contribution in [0.3, 0.4) is 0 Å². The molecule has 1 atom stereocenters. The molecule has 0 aromatic carbocycles. The Bertz CT molecular complexity index is 977. The minimum atomic E-state index is -0.131. The highest BCUT2D eigenvalue weighted by Crippen LogP contribution is 2.43. The molecule has 4 heterocycles. The van der Waals surface area contributed by atoms with Crippen molar-refractivity contribution in [2.75, 3.05) is 13.1 Å². The Labute approximate surface area is 150 Å². The van der Waals surface area contributed by atoms with Gasteiger partial charge in [-0.05, 0) is 44.2 Å². The van der Waals surface area contributed by atoms with E-state index in [0.29, 0.717) is 12.3 Å². The van der Waals surface area contributed by atoms with E-state index in [9.17, 15) is 4.79 Å². The number of piperidine rings is 1. The lowest BCUT2D eigenvalue weighted by atomic mass is 9.77. The number of nitrogens with zero attached hydrogens (tertiary/aromatic N) is 7. The second kappa shape index (κ2) is 5.55. The molecular formula is C18H19N7O. The average Bonchev–Trinajstić information content (AvgIpc) is 3.24. The van der Waals surface area contributed by atoms with Gasteiger partial charge in [-0.25, -0.2) is 19.5 Å². The van der Waals surface area contributed by atoms with Crippen LogP contribution >= 0.6 is 0 Å². The van der Waals surface area contributed by atoms with E-state index in [1.807, 2.05) is 18.0 Å². The van der Waals surface area contributed by atoms with Crippen LogP contribution in [0.1, 0.15) is 47.0 Å². The van der Waals surface area contributed by atoms with Crippen molar-refractivity contribution in [2.45, 2.75) is 38.0 Å². The highest BCUT2D eigenvalue weighted by atomic mass is 16.2. The third-order valence-electron chi connectivity index (χ3n) is 5.53. The van der Waals surface area contributed by atoms with E-state index in [1.54, 1.807) is 18.5 Å². The van der Waals surface area contributed by atoms with Gasteiger partial charge in [-0.2, -0.15) is 4.98 Å². The monoisotopic (exact) mass is 349 g/mol. The highest BCUT2D eigenvalue weighted by molar-refractivity contribution is 5.91. The van der Waals surface area contributed by atoms with Crippen LogP contribution in [-0.4, -0.2) is 53.4 Å². The molecule has 3 aromatic heterocycles. The van der Waals surface area contributed by atoms with Crippen molar-refractivity contribution >= 4 is 11.7 Å². The summed E-state index contributed by atoms with van der Waals surface area (Å²) in [4.78, 5) is 32.4. The fraction of sp³-hybridized carbons (Fsp3) is 0.444. The Morgan fingerprint density at radius 3 is 3.04 bits per heavy atom. The van der Waals surface area contributed by atoms with Gasteiger partial charge in [0.15, 0.2) is 0 Å². The van der Waals surface area contributed by atoms with E-state index in [0.717, 1.165) is 43.7 Å². The number of hydrogen-bond acceptors (Lipinski definition) is 6. The van der Waals surface area contributed by atoms with E-state index in [2.05, 4.69) is 20.1 Å². The maximum absolute atomic E-state index is 13.0. The van der Waals surface area contributed by atoms with Gasteiger partial charge in [0.1, 0.15) is 5.82 Å². The minimum absolute atomic E-state index is 0.0612. The maximum Gasteiger partial charge on any atom is 0.293 e. The number of likely N-dealkylation sites (tertiary alicyclic amines) is 1. The van der Waals surface area contributed by atoms with E-state index >= 15 is 0 Å². The SMILES string of the molecule is Cc1ncc2c(n1)C1(CCCN(C(=O)c3nc4ncccn4n3)C1)CC2. The van der Waals surface area contributed by atoms with E-state index in [4.69, 9.17) is 4.98 Å². The van der Waals surface area contributed by atoms with Gasteiger partial charge in [0.05, 0.1) is 5.69 Å². The fourth-order valence-corrected chi connectivity index (χ4v) is 4.30. The third-order valence-corrected chi connectivity index (χ3v) is 5.53. The molecule has 1 aliphatic carbocycles. The number of aromatic nitrogens is 6. The van der Waals surface area contributed by atoms with Crippen molar-refractivity contribution in [3.63, 3.8) is 0 Å². The summed E-state index contributed by atoms with van der Waals surface area (Å²) in [6, 6.07) is 1.77. The Morgan fingerprint density at radius 1 is 1.23 bits per heavy atom. The zero-order valence-electron chi connectivity index (χ0n) is 14.6. The summed E-state index contributed by atoms with van der Waals surface area (Å²) < 4.78 is 1.54. The lowest BCUT2D eigenvalue weighted by Gasteiger charge is -2.40. The van der Waals surface area contributed by atoms with Gasteiger partial charge in [0.2, 0.25) is 5.82 Å². The van der Waals surface area contributed by atoms with Crippen LogP contribution in [-0.2, 0) is 11.8 Å². The van der Waals surface area contributed by atoms with E-state index in [1.165, 1.54) is 10.1 Å². The van der Waals surface area contributed by atoms with Crippen LogP contribution in [0.5, 0.6) is 0 Å². The zero-order valence-corrected chi connectivity index (χ0v) is 14.6. The van der Waals surface area contributed by atoms with Crippen molar-refractivity contribution in [2.24, 2.45) is 0 Å². The van der Waals surface area contributed by atoms with Crippen molar-refractivity contribution in [1.82, 2.24) is 34.4 Å². The third kappa shape index (κ3) is 2.28. The second-order valence-corrected chi connectivity index (χ2v) is 7.20. The predicted molar refractivity (Wildman–Crippen MR) is 92.7 cm³/mol. The number of aryl methyl sites for hydroxylation is 2. The van der Waals surface area contributed by atoms with Crippen LogP contribution in [0.2, 0.25) is 0 Å². The number of carbonyl (C=O) groups excluding carboxylic acids is 1. The first kappa shape index (κ1) is 15.4. The molecule has 1 fully saturated rings. The lowest BCUT2D eigenvalue weighted by molar-refractivity contribution is 0.0621. The molecule has 0 bridgehead atoms. The summed E-state index contributed by atoms with van der Waals surface area (Å²) in [6.45, 7) is 3.31. The number of carbonyl (C=O) groups is 1. The average molecular weight is 349 g/mol. The predicted octanol–water partition coefficient (Wildman–Crippen LogP) is 1.34. The Balaban J connectivity index is 1.46. The first-order valence-corrected chi connectivity index (χ1v) is 8.94. The molecule has 0 N–H and O–H groups in total. The Kier molecular flexibility index (Phi) is 3.28. The summed E-state index contributed by atoms with van der Waals surface area (Å²) in [7, 11) is 0. The molecule has 3 aromatic rings. The zero-order chi connectivity index (χ0) is 17.7. The largest absolute Gasteiger partial charge is 0.335 e. The minimum Gasteiger partial charge on any atom is -0.335 e. The van der Waals surface area contributed by atoms with Crippen LogP contribution in [0, 0.1) is 6.92 Å². The van der Waals surface area contributed by atoms with Crippen LogP contribution in [0.4, 0.5) is 0 Å². The van der Waals surface area contributed by atoms with Gasteiger partial charge >= 0.3 is 0 Å². The standard InChI is InChI=1S/C18H19N7O/c1-12-20-10-13-4-6-18(14(13)21-12)5-2-8-24(11-18)16(26)15-22-17-19-7-3-9-25(17)23-15/h3,7,9-10H,2,4-6,8,11H2,1H3. The normalized spacial score (nSPS) is 22.1. The fourth-order valence-electron chi connectivity index (χ4n) is 4.30. The molecule has 8 nitrogen and oxygen atoms in total. The molecule has 1 saturated heterocycles. The van der Waals surface area contributed by atoms with Crippen LogP contribution in [0.15, 0.2) is 24.7 Å². The van der Waals surface area contributed by atoms with Crippen molar-refractivity contribution in [3.05, 3.63) is 47.6 Å². The van der Waals surface area contributed by atoms with Crippen molar-refractivity contribution in [1.29, 1.82) is 0 Å². The summed E-state index contributed by atoms with van der Waals surface area (Å²) in [5.41, 5.74) is 2.29. The molecular weight excluding hydrogens is 330 g/mol.